The van der Waals surface area contributed by atoms with Crippen LogP contribution in [0.25, 0.3) is 0 Å². The van der Waals surface area contributed by atoms with Gasteiger partial charge in [0.1, 0.15) is 0 Å². The molecule has 0 atom stereocenters. The van der Waals surface area contributed by atoms with Crippen molar-refractivity contribution in [2.45, 2.75) is 40.0 Å². The van der Waals surface area contributed by atoms with Crippen LogP contribution in [0.3, 0.4) is 0 Å². The molecule has 0 aliphatic carbocycles. The first-order valence-corrected chi connectivity index (χ1v) is 7.06. The van der Waals surface area contributed by atoms with Gasteiger partial charge in [-0.05, 0) is 19.3 Å². The van der Waals surface area contributed by atoms with Gasteiger partial charge in [0.25, 0.3) is 0 Å². The lowest BCUT2D eigenvalue weighted by Gasteiger charge is -2.25. The minimum Gasteiger partial charge on any atom is -0.348 e. The molecule has 2 heterocycles. The van der Waals surface area contributed by atoms with Crippen molar-refractivity contribution in [3.05, 3.63) is 11.1 Å². The van der Waals surface area contributed by atoms with Crippen molar-refractivity contribution in [2.24, 2.45) is 5.41 Å². The number of thiazole rings is 1. The quantitative estimate of drug-likeness (QED) is 0.757. The van der Waals surface area contributed by atoms with Crippen molar-refractivity contribution < 1.29 is 4.79 Å². The van der Waals surface area contributed by atoms with Crippen molar-refractivity contribution >= 4 is 22.3 Å². The second-order valence-corrected chi connectivity index (χ2v) is 6.64. The summed E-state index contributed by atoms with van der Waals surface area (Å²) in [5.41, 5.74) is -0.314. The average molecular weight is 252 g/mol. The summed E-state index contributed by atoms with van der Waals surface area (Å²) in [5.74, 6) is 0.193. The second-order valence-electron chi connectivity index (χ2n) is 5.63. The third-order valence-electron chi connectivity index (χ3n) is 3.03. The van der Waals surface area contributed by atoms with E-state index in [9.17, 15) is 4.79 Å². The van der Waals surface area contributed by atoms with Gasteiger partial charge >= 0.3 is 0 Å². The van der Waals surface area contributed by atoms with Crippen LogP contribution in [-0.4, -0.2) is 23.9 Å². The molecule has 3 nitrogen and oxygen atoms in total. The van der Waals surface area contributed by atoms with Crippen molar-refractivity contribution in [1.29, 1.82) is 0 Å². The van der Waals surface area contributed by atoms with Crippen molar-refractivity contribution in [1.82, 2.24) is 4.98 Å². The Morgan fingerprint density at radius 1 is 1.29 bits per heavy atom. The number of nitrogens with zero attached hydrogens (tertiary/aromatic N) is 2. The summed E-state index contributed by atoms with van der Waals surface area (Å²) < 4.78 is 0. The van der Waals surface area contributed by atoms with E-state index >= 15 is 0 Å². The fourth-order valence-electron chi connectivity index (χ4n) is 1.97. The minimum atomic E-state index is -0.314. The Hall–Kier alpha value is -0.900. The molecular formula is C13H20N2OS. The molecule has 0 amide bonds. The van der Waals surface area contributed by atoms with E-state index in [1.54, 1.807) is 6.20 Å². The number of ketones is 1. The van der Waals surface area contributed by atoms with Gasteiger partial charge < -0.3 is 4.90 Å². The molecule has 1 aliphatic heterocycles. The molecule has 0 N–H and O–H groups in total. The van der Waals surface area contributed by atoms with Gasteiger partial charge in [-0.1, -0.05) is 32.1 Å². The van der Waals surface area contributed by atoms with Crippen LogP contribution in [0.4, 0.5) is 5.13 Å². The van der Waals surface area contributed by atoms with Gasteiger partial charge in [-0.3, -0.25) is 4.79 Å². The lowest BCUT2D eigenvalue weighted by molar-refractivity contribution is 0.0862. The number of carbonyl (C=O) groups is 1. The number of carbonyl (C=O) groups excluding carboxylic acids is 1. The van der Waals surface area contributed by atoms with Crippen molar-refractivity contribution in [2.75, 3.05) is 18.0 Å². The van der Waals surface area contributed by atoms with Gasteiger partial charge in [0.05, 0.1) is 11.1 Å². The molecule has 1 fully saturated rings. The third kappa shape index (κ3) is 2.86. The minimum absolute atomic E-state index is 0.193. The monoisotopic (exact) mass is 252 g/mol. The zero-order valence-electron chi connectivity index (χ0n) is 10.8. The molecule has 0 unspecified atom stereocenters. The molecule has 0 saturated carbocycles. The average Bonchev–Trinajstić information content (AvgIpc) is 2.77. The molecule has 94 valence electrons. The summed E-state index contributed by atoms with van der Waals surface area (Å²) in [7, 11) is 0. The van der Waals surface area contributed by atoms with Gasteiger partial charge in [0.15, 0.2) is 10.9 Å². The highest BCUT2D eigenvalue weighted by Gasteiger charge is 2.25. The van der Waals surface area contributed by atoms with E-state index in [2.05, 4.69) is 9.88 Å². The fraction of sp³-hybridized carbons (Fsp3) is 0.692. The first-order chi connectivity index (χ1) is 7.98. The van der Waals surface area contributed by atoms with E-state index in [0.29, 0.717) is 0 Å². The largest absolute Gasteiger partial charge is 0.348 e. The van der Waals surface area contributed by atoms with Crippen LogP contribution in [0.15, 0.2) is 6.20 Å². The van der Waals surface area contributed by atoms with E-state index in [1.165, 1.54) is 30.6 Å². The number of anilines is 1. The van der Waals surface area contributed by atoms with Gasteiger partial charge in [-0.15, -0.1) is 0 Å². The fourth-order valence-corrected chi connectivity index (χ4v) is 3.09. The van der Waals surface area contributed by atoms with Crippen LogP contribution < -0.4 is 4.90 Å². The van der Waals surface area contributed by atoms with Gasteiger partial charge in [-0.25, -0.2) is 4.98 Å². The first kappa shape index (κ1) is 12.6. The summed E-state index contributed by atoms with van der Waals surface area (Å²) >= 11 is 1.54. The number of piperidine rings is 1. The normalized spacial score (nSPS) is 17.2. The molecule has 4 heteroatoms. The van der Waals surface area contributed by atoms with E-state index < -0.39 is 0 Å². The lowest BCUT2D eigenvalue weighted by Crippen LogP contribution is -2.29. The van der Waals surface area contributed by atoms with Crippen LogP contribution in [0, 0.1) is 5.41 Å². The van der Waals surface area contributed by atoms with Crippen molar-refractivity contribution in [3.63, 3.8) is 0 Å². The van der Waals surface area contributed by atoms with Crippen molar-refractivity contribution in [3.8, 4) is 0 Å². The van der Waals surface area contributed by atoms with E-state index in [4.69, 9.17) is 0 Å². The zero-order chi connectivity index (χ0) is 12.5. The Morgan fingerprint density at radius 3 is 2.53 bits per heavy atom. The zero-order valence-corrected chi connectivity index (χ0v) is 11.6. The number of hydrogen-bond acceptors (Lipinski definition) is 4. The molecule has 0 bridgehead atoms. The maximum atomic E-state index is 12.1. The predicted octanol–water partition coefficient (Wildman–Crippen LogP) is 3.36. The standard InChI is InChI=1S/C13H20N2OS/c1-13(2,3)11(16)10-9-14-12(17-10)15-7-5-4-6-8-15/h9H,4-8H2,1-3H3. The van der Waals surface area contributed by atoms with Crippen LogP contribution in [0.2, 0.25) is 0 Å². The molecule has 0 aromatic carbocycles. The topological polar surface area (TPSA) is 33.2 Å². The van der Waals surface area contributed by atoms with Gasteiger partial charge in [0, 0.05) is 18.5 Å². The molecule has 2 rings (SSSR count). The van der Waals surface area contributed by atoms with Crippen LogP contribution in [0.1, 0.15) is 49.7 Å². The smallest absolute Gasteiger partial charge is 0.185 e. The van der Waals surface area contributed by atoms with Crippen LogP contribution >= 0.6 is 11.3 Å². The highest BCUT2D eigenvalue weighted by Crippen LogP contribution is 2.29. The summed E-state index contributed by atoms with van der Waals surface area (Å²) in [6, 6.07) is 0. The maximum absolute atomic E-state index is 12.1. The Kier molecular flexibility index (Phi) is 3.52. The Bertz CT molecular complexity index is 400. The second kappa shape index (κ2) is 4.77. The molecule has 0 radical (unpaired) electrons. The Morgan fingerprint density at radius 2 is 1.94 bits per heavy atom. The highest BCUT2D eigenvalue weighted by atomic mass is 32.1. The Balaban J connectivity index is 2.12. The van der Waals surface area contributed by atoms with Crippen LogP contribution in [0.5, 0.6) is 0 Å². The number of hydrogen-bond donors (Lipinski definition) is 0. The molecule has 1 aromatic rings. The van der Waals surface area contributed by atoms with Gasteiger partial charge in [-0.2, -0.15) is 0 Å². The van der Waals surface area contributed by atoms with E-state index in [-0.39, 0.29) is 11.2 Å². The highest BCUT2D eigenvalue weighted by molar-refractivity contribution is 7.17. The summed E-state index contributed by atoms with van der Waals surface area (Å²) in [4.78, 5) is 19.6. The van der Waals surface area contributed by atoms with Gasteiger partial charge in [0.2, 0.25) is 0 Å². The number of Topliss-reactive ketones (excluding diaryl/α,β-unsaturated/α-hetero) is 1. The summed E-state index contributed by atoms with van der Waals surface area (Å²) in [6.07, 6.45) is 5.53. The first-order valence-electron chi connectivity index (χ1n) is 6.24. The number of aromatic nitrogens is 1. The lowest BCUT2D eigenvalue weighted by atomic mass is 9.90. The maximum Gasteiger partial charge on any atom is 0.185 e. The molecular weight excluding hydrogens is 232 g/mol. The SMILES string of the molecule is CC(C)(C)C(=O)c1cnc(N2CCCCC2)s1. The third-order valence-corrected chi connectivity index (χ3v) is 4.08. The Labute approximate surface area is 107 Å². The van der Waals surface area contributed by atoms with Crippen LogP contribution in [-0.2, 0) is 0 Å². The summed E-state index contributed by atoms with van der Waals surface area (Å²) in [5, 5.41) is 1.01. The van der Waals surface area contributed by atoms with E-state index in [1.807, 2.05) is 20.8 Å². The number of rotatable bonds is 2. The molecule has 1 saturated heterocycles. The predicted molar refractivity (Wildman–Crippen MR) is 72.0 cm³/mol. The molecule has 1 aromatic heterocycles. The van der Waals surface area contributed by atoms with E-state index in [0.717, 1.165) is 23.1 Å². The summed E-state index contributed by atoms with van der Waals surface area (Å²) in [6.45, 7) is 8.02. The molecule has 17 heavy (non-hydrogen) atoms. The molecule has 0 spiro atoms. The molecule has 1 aliphatic rings.